The highest BCUT2D eigenvalue weighted by Crippen LogP contribution is 2.43. The molecule has 5 nitrogen and oxygen atoms in total. The molecular formula is C25H26FN3O2. The fraction of sp³-hybridized carbons (Fsp3) is 0.360. The van der Waals surface area contributed by atoms with Crippen LogP contribution in [0.1, 0.15) is 52.4 Å². The van der Waals surface area contributed by atoms with Gasteiger partial charge in [-0.1, -0.05) is 43.7 Å². The number of carbonyl (C=O) groups excluding carboxylic acids is 1. The molecule has 5 rings (SSSR count). The predicted octanol–water partition coefficient (Wildman–Crippen LogP) is 4.56. The maximum absolute atomic E-state index is 15.0. The summed E-state index contributed by atoms with van der Waals surface area (Å²) >= 11 is 0. The molecule has 0 spiro atoms. The summed E-state index contributed by atoms with van der Waals surface area (Å²) < 4.78 is 20.5. The van der Waals surface area contributed by atoms with E-state index in [2.05, 4.69) is 50.0 Å². The number of likely N-dealkylation sites (tertiary alicyclic amines) is 1. The van der Waals surface area contributed by atoms with Gasteiger partial charge in [-0.25, -0.2) is 9.37 Å². The number of ether oxygens (including phenoxy) is 1. The topological polar surface area (TPSA) is 68.5 Å². The highest BCUT2D eigenvalue weighted by Gasteiger charge is 2.42. The van der Waals surface area contributed by atoms with Crippen LogP contribution < -0.4 is 5.73 Å². The van der Waals surface area contributed by atoms with Gasteiger partial charge in [0.05, 0.1) is 24.3 Å². The Morgan fingerprint density at radius 1 is 1.19 bits per heavy atom. The third-order valence-electron chi connectivity index (χ3n) is 6.76. The summed E-state index contributed by atoms with van der Waals surface area (Å²) in [6, 6.07) is 11.4. The van der Waals surface area contributed by atoms with Gasteiger partial charge in [-0.3, -0.25) is 4.79 Å². The molecule has 0 unspecified atom stereocenters. The van der Waals surface area contributed by atoms with Crippen LogP contribution in [0.25, 0.3) is 10.9 Å². The van der Waals surface area contributed by atoms with Crippen molar-refractivity contribution in [3.8, 4) is 0 Å². The van der Waals surface area contributed by atoms with E-state index in [0.717, 1.165) is 16.5 Å². The van der Waals surface area contributed by atoms with Crippen LogP contribution in [0, 0.1) is 18.2 Å². The zero-order valence-electron chi connectivity index (χ0n) is 18.0. The maximum Gasteiger partial charge on any atom is 0.256 e. The molecule has 2 aromatic carbocycles. The van der Waals surface area contributed by atoms with Gasteiger partial charge in [-0.05, 0) is 29.5 Å². The Hall–Kier alpha value is -2.99. The minimum absolute atomic E-state index is 0.0773. The SMILES string of the molecule is Cc1ccc([C@H]2CN(C(=O)c3cc4c5c(c(N)nc4cc3F)COC5)CC2(C)C)cc1. The van der Waals surface area contributed by atoms with Crippen molar-refractivity contribution in [1.29, 1.82) is 0 Å². The second-order valence-corrected chi connectivity index (χ2v) is 9.43. The molecule has 2 aliphatic heterocycles. The lowest BCUT2D eigenvalue weighted by atomic mass is 9.78. The Labute approximate surface area is 181 Å². The average Bonchev–Trinajstić information content (AvgIpc) is 3.33. The van der Waals surface area contributed by atoms with Gasteiger partial charge < -0.3 is 15.4 Å². The molecule has 2 aliphatic rings. The predicted molar refractivity (Wildman–Crippen MR) is 118 cm³/mol. The molecule has 2 N–H and O–H groups in total. The molecule has 1 aromatic heterocycles. The fourth-order valence-electron chi connectivity index (χ4n) is 4.97. The third-order valence-corrected chi connectivity index (χ3v) is 6.76. The lowest BCUT2D eigenvalue weighted by Gasteiger charge is -2.25. The number of aromatic nitrogens is 1. The smallest absolute Gasteiger partial charge is 0.256 e. The molecule has 0 bridgehead atoms. The number of nitrogen functional groups attached to an aromatic ring is 1. The molecule has 6 heteroatoms. The van der Waals surface area contributed by atoms with Crippen LogP contribution in [0.2, 0.25) is 0 Å². The van der Waals surface area contributed by atoms with Gasteiger partial charge in [0.15, 0.2) is 0 Å². The molecule has 1 saturated heterocycles. The van der Waals surface area contributed by atoms with E-state index in [0.29, 0.717) is 37.6 Å². The molecule has 1 atom stereocenters. The second-order valence-electron chi connectivity index (χ2n) is 9.43. The van der Waals surface area contributed by atoms with E-state index in [1.165, 1.54) is 17.2 Å². The zero-order chi connectivity index (χ0) is 21.9. The molecule has 3 heterocycles. The molecule has 31 heavy (non-hydrogen) atoms. The van der Waals surface area contributed by atoms with Crippen LogP contribution in [0.4, 0.5) is 10.2 Å². The number of rotatable bonds is 2. The van der Waals surface area contributed by atoms with Gasteiger partial charge in [-0.15, -0.1) is 0 Å². The first kappa shape index (κ1) is 19.9. The summed E-state index contributed by atoms with van der Waals surface area (Å²) in [6.45, 7) is 8.31. The molecule has 1 amide bonds. The number of fused-ring (bicyclic) bond motifs is 3. The summed E-state index contributed by atoms with van der Waals surface area (Å²) in [5.74, 6) is -0.299. The van der Waals surface area contributed by atoms with Crippen LogP contribution in [0.3, 0.4) is 0 Å². The van der Waals surface area contributed by atoms with Crippen LogP contribution in [-0.4, -0.2) is 28.9 Å². The third kappa shape index (κ3) is 3.26. The van der Waals surface area contributed by atoms with E-state index in [9.17, 15) is 4.79 Å². The minimum atomic E-state index is -0.570. The number of carbonyl (C=O) groups is 1. The number of nitrogens with zero attached hydrogens (tertiary/aromatic N) is 2. The minimum Gasteiger partial charge on any atom is -0.383 e. The van der Waals surface area contributed by atoms with Crippen molar-refractivity contribution in [3.63, 3.8) is 0 Å². The van der Waals surface area contributed by atoms with Crippen molar-refractivity contribution in [3.05, 3.63) is 70.0 Å². The van der Waals surface area contributed by atoms with E-state index in [1.54, 1.807) is 11.0 Å². The summed E-state index contributed by atoms with van der Waals surface area (Å²) in [5.41, 5.74) is 10.6. The monoisotopic (exact) mass is 419 g/mol. The van der Waals surface area contributed by atoms with Crippen molar-refractivity contribution in [1.82, 2.24) is 9.88 Å². The zero-order valence-corrected chi connectivity index (χ0v) is 18.0. The van der Waals surface area contributed by atoms with Crippen LogP contribution in [0.5, 0.6) is 0 Å². The second kappa shape index (κ2) is 7.02. The highest BCUT2D eigenvalue weighted by atomic mass is 19.1. The van der Waals surface area contributed by atoms with Crippen LogP contribution >= 0.6 is 0 Å². The summed E-state index contributed by atoms with van der Waals surface area (Å²) in [4.78, 5) is 19.5. The first-order chi connectivity index (χ1) is 14.7. The van der Waals surface area contributed by atoms with E-state index < -0.39 is 5.82 Å². The Balaban J connectivity index is 1.51. The van der Waals surface area contributed by atoms with Crippen molar-refractivity contribution in [2.24, 2.45) is 5.41 Å². The maximum atomic E-state index is 15.0. The number of amides is 1. The molecule has 160 valence electrons. The van der Waals surface area contributed by atoms with Gasteiger partial charge in [0, 0.05) is 36.0 Å². The van der Waals surface area contributed by atoms with E-state index >= 15 is 4.39 Å². The number of nitrogens with two attached hydrogens (primary N) is 1. The molecule has 0 saturated carbocycles. The number of halogens is 1. The first-order valence-electron chi connectivity index (χ1n) is 10.6. The molecular weight excluding hydrogens is 393 g/mol. The van der Waals surface area contributed by atoms with Gasteiger partial charge in [0.25, 0.3) is 5.91 Å². The van der Waals surface area contributed by atoms with Crippen LogP contribution in [0.15, 0.2) is 36.4 Å². The molecule has 1 fully saturated rings. The molecule has 0 radical (unpaired) electrons. The summed E-state index contributed by atoms with van der Waals surface area (Å²) in [6.07, 6.45) is 0. The number of aryl methyl sites for hydroxylation is 1. The fourth-order valence-corrected chi connectivity index (χ4v) is 4.97. The van der Waals surface area contributed by atoms with Gasteiger partial charge in [0.2, 0.25) is 0 Å². The largest absolute Gasteiger partial charge is 0.383 e. The van der Waals surface area contributed by atoms with E-state index in [4.69, 9.17) is 10.5 Å². The Morgan fingerprint density at radius 2 is 1.90 bits per heavy atom. The average molecular weight is 420 g/mol. The number of anilines is 1. The lowest BCUT2D eigenvalue weighted by Crippen LogP contribution is -2.31. The number of hydrogen-bond donors (Lipinski definition) is 1. The van der Waals surface area contributed by atoms with Crippen LogP contribution in [-0.2, 0) is 18.0 Å². The number of hydrogen-bond acceptors (Lipinski definition) is 4. The van der Waals surface area contributed by atoms with Gasteiger partial charge in [0.1, 0.15) is 11.6 Å². The van der Waals surface area contributed by atoms with E-state index in [1.807, 2.05) is 0 Å². The van der Waals surface area contributed by atoms with E-state index in [-0.39, 0.29) is 22.8 Å². The Morgan fingerprint density at radius 3 is 2.65 bits per heavy atom. The summed E-state index contributed by atoms with van der Waals surface area (Å²) in [7, 11) is 0. The van der Waals surface area contributed by atoms with Crippen molar-refractivity contribution >= 4 is 22.6 Å². The number of pyridine rings is 1. The quantitative estimate of drug-likeness (QED) is 0.661. The number of benzene rings is 2. The lowest BCUT2D eigenvalue weighted by molar-refractivity contribution is 0.0773. The summed E-state index contributed by atoms with van der Waals surface area (Å²) in [5, 5.41) is 0.736. The standard InChI is InChI=1S/C25H26FN3O2/c1-14-4-6-15(7-5-14)20-10-29(13-25(20,2)3)24(30)17-8-16-18-11-31-12-19(18)23(27)28-22(16)9-21(17)26/h4-9,20H,10-13H2,1-3H3,(H2,27,28)/t20-/m1/s1. The van der Waals surface area contributed by atoms with Gasteiger partial charge in [-0.2, -0.15) is 0 Å². The molecule has 0 aliphatic carbocycles. The highest BCUT2D eigenvalue weighted by molar-refractivity contribution is 5.99. The van der Waals surface area contributed by atoms with Crippen molar-refractivity contribution in [2.75, 3.05) is 18.8 Å². The van der Waals surface area contributed by atoms with Gasteiger partial charge >= 0.3 is 0 Å². The Kier molecular flexibility index (Phi) is 4.52. The van der Waals surface area contributed by atoms with Crippen molar-refractivity contribution < 1.29 is 13.9 Å². The van der Waals surface area contributed by atoms with Crippen molar-refractivity contribution in [2.45, 2.75) is 39.9 Å². The molecule has 3 aromatic rings. The normalized spacial score (nSPS) is 19.7. The Bertz CT molecular complexity index is 1200. The first-order valence-corrected chi connectivity index (χ1v) is 10.6.